The molecule has 1 fully saturated rings. The third-order valence-corrected chi connectivity index (χ3v) is 7.65. The van der Waals surface area contributed by atoms with Crippen molar-refractivity contribution in [1.29, 1.82) is 0 Å². The molecule has 0 radical (unpaired) electrons. The Labute approximate surface area is 202 Å². The molecule has 1 atom stereocenters. The molecule has 0 unspecified atom stereocenters. The van der Waals surface area contributed by atoms with Crippen LogP contribution in [0.4, 0.5) is 8.78 Å². The molecule has 0 bridgehead atoms. The number of hydrogen-bond donors (Lipinski definition) is 2. The number of hydrogen-bond acceptors (Lipinski definition) is 5. The van der Waals surface area contributed by atoms with Crippen molar-refractivity contribution < 1.29 is 31.6 Å². The second kappa shape index (κ2) is 11.0. The van der Waals surface area contributed by atoms with Gasteiger partial charge >= 0.3 is 0 Å². The molecule has 2 aromatic carbocycles. The Kier molecular flexibility index (Phi) is 8.34. The predicted octanol–water partition coefficient (Wildman–Crippen LogP) is 2.28. The molecule has 8 nitrogen and oxygen atoms in total. The molecule has 1 saturated heterocycles. The number of primary amides is 1. The first-order valence-electron chi connectivity index (χ1n) is 11.1. The number of rotatable bonds is 9. The van der Waals surface area contributed by atoms with Crippen molar-refractivity contribution in [2.75, 3.05) is 13.1 Å². The van der Waals surface area contributed by atoms with Crippen molar-refractivity contribution in [2.45, 2.75) is 49.0 Å². The maximum atomic E-state index is 14.5. The van der Waals surface area contributed by atoms with E-state index in [1.54, 1.807) is 18.2 Å². The van der Waals surface area contributed by atoms with Crippen LogP contribution in [-0.4, -0.2) is 55.4 Å². The van der Waals surface area contributed by atoms with Gasteiger partial charge < -0.3 is 11.1 Å². The second-order valence-corrected chi connectivity index (χ2v) is 10.4. The number of carbonyl (C=O) groups excluding carboxylic acids is 3. The largest absolute Gasteiger partial charge is 0.366 e. The lowest BCUT2D eigenvalue weighted by atomic mass is 9.98. The molecule has 2 aromatic rings. The lowest BCUT2D eigenvalue weighted by Crippen LogP contribution is -2.44. The average Bonchev–Trinajstić information content (AvgIpc) is 3.00. The number of halogens is 2. The number of benzene rings is 2. The van der Waals surface area contributed by atoms with E-state index < -0.39 is 65.4 Å². The van der Waals surface area contributed by atoms with Gasteiger partial charge in [-0.1, -0.05) is 36.4 Å². The molecule has 11 heteroatoms. The minimum Gasteiger partial charge on any atom is -0.366 e. The van der Waals surface area contributed by atoms with Gasteiger partial charge in [0.05, 0.1) is 17.5 Å². The number of nitrogens with zero attached hydrogens (tertiary/aromatic N) is 1. The summed E-state index contributed by atoms with van der Waals surface area (Å²) in [5.41, 5.74) is 5.32. The van der Waals surface area contributed by atoms with Gasteiger partial charge in [0.2, 0.25) is 21.8 Å². The Balaban J connectivity index is 1.56. The minimum absolute atomic E-state index is 0.00399. The van der Waals surface area contributed by atoms with Crippen molar-refractivity contribution in [3.8, 4) is 0 Å². The van der Waals surface area contributed by atoms with Gasteiger partial charge in [-0.3, -0.25) is 14.4 Å². The summed E-state index contributed by atoms with van der Waals surface area (Å²) in [5.74, 6) is -5.33. The number of alkyl halides is 2. The summed E-state index contributed by atoms with van der Waals surface area (Å²) in [6.45, 7) is -0.311. The summed E-state index contributed by atoms with van der Waals surface area (Å²) in [4.78, 5) is 36.5. The van der Waals surface area contributed by atoms with E-state index in [1.807, 2.05) is 0 Å². The molecule has 1 aliphatic heterocycles. The Bertz CT molecular complexity index is 1190. The summed E-state index contributed by atoms with van der Waals surface area (Å²) >= 11 is 0. The zero-order valence-corrected chi connectivity index (χ0v) is 19.8. The number of nitrogens with one attached hydrogen (secondary N) is 1. The first kappa shape index (κ1) is 26.4. The fourth-order valence-electron chi connectivity index (χ4n) is 3.94. The highest BCUT2D eigenvalue weighted by Gasteiger charge is 2.34. The monoisotopic (exact) mass is 507 g/mol. The van der Waals surface area contributed by atoms with Crippen LogP contribution in [0, 0.1) is 0 Å². The van der Waals surface area contributed by atoms with Gasteiger partial charge in [-0.25, -0.2) is 17.2 Å². The number of Topliss-reactive ketones (excluding diaryl/α,β-unsaturated/α-hetero) is 1. The molecule has 0 aromatic heterocycles. The smallest absolute Gasteiger partial charge is 0.252 e. The Morgan fingerprint density at radius 2 is 1.74 bits per heavy atom. The zero-order valence-electron chi connectivity index (χ0n) is 19.0. The van der Waals surface area contributed by atoms with Crippen molar-refractivity contribution in [3.63, 3.8) is 0 Å². The molecule has 2 amide bonds. The van der Waals surface area contributed by atoms with E-state index in [9.17, 15) is 31.6 Å². The molecule has 0 spiro atoms. The second-order valence-electron chi connectivity index (χ2n) is 8.43. The highest BCUT2D eigenvalue weighted by molar-refractivity contribution is 7.89. The zero-order chi connectivity index (χ0) is 25.6. The van der Waals surface area contributed by atoms with Crippen LogP contribution in [0.25, 0.3) is 0 Å². The highest BCUT2D eigenvalue weighted by atomic mass is 32.2. The van der Waals surface area contributed by atoms with Crippen LogP contribution in [0.2, 0.25) is 0 Å². The van der Waals surface area contributed by atoms with Crippen molar-refractivity contribution in [3.05, 3.63) is 65.7 Å². The van der Waals surface area contributed by atoms with Crippen molar-refractivity contribution >= 4 is 27.6 Å². The van der Waals surface area contributed by atoms with Crippen LogP contribution < -0.4 is 11.1 Å². The van der Waals surface area contributed by atoms with Crippen LogP contribution in [0.1, 0.15) is 41.6 Å². The van der Waals surface area contributed by atoms with Crippen LogP contribution in [0.5, 0.6) is 0 Å². The van der Waals surface area contributed by atoms with Crippen molar-refractivity contribution in [2.24, 2.45) is 5.73 Å². The number of ketones is 1. The van der Waals surface area contributed by atoms with E-state index in [1.165, 1.54) is 36.4 Å². The maximum Gasteiger partial charge on any atom is 0.252 e. The standard InChI is InChI=1S/C24H27F2N3O5S/c25-24(26,15-17-7-4-5-10-19(17)23(27)32)13-12-22(31)28-20-11-6-14-29(16-21(20)30)35(33,34)18-8-2-1-3-9-18/h1-5,7-10,20H,6,11-16H2,(H2,27,32)(H,28,31)/t20-/m0/s1. The summed E-state index contributed by atoms with van der Waals surface area (Å²) in [6.07, 6.45) is -1.56. The van der Waals surface area contributed by atoms with Crippen molar-refractivity contribution in [1.82, 2.24) is 9.62 Å². The highest BCUT2D eigenvalue weighted by Crippen LogP contribution is 2.27. The number of sulfonamides is 1. The van der Waals surface area contributed by atoms with E-state index in [0.717, 1.165) is 4.31 Å². The average molecular weight is 508 g/mol. The van der Waals surface area contributed by atoms with Gasteiger partial charge in [-0.05, 0) is 36.6 Å². The van der Waals surface area contributed by atoms with E-state index in [2.05, 4.69) is 5.32 Å². The summed E-state index contributed by atoms with van der Waals surface area (Å²) in [6, 6.07) is 12.5. The fraction of sp³-hybridized carbons (Fsp3) is 0.375. The van der Waals surface area contributed by atoms with Gasteiger partial charge in [-0.2, -0.15) is 4.31 Å². The number of nitrogens with two attached hydrogens (primary N) is 1. The summed E-state index contributed by atoms with van der Waals surface area (Å²) in [7, 11) is -3.87. The first-order valence-corrected chi connectivity index (χ1v) is 12.6. The van der Waals surface area contributed by atoms with Gasteiger partial charge in [-0.15, -0.1) is 0 Å². The lowest BCUT2D eigenvalue weighted by Gasteiger charge is -2.20. The fourth-order valence-corrected chi connectivity index (χ4v) is 5.41. The molecule has 0 saturated carbocycles. The first-order chi connectivity index (χ1) is 16.5. The lowest BCUT2D eigenvalue weighted by molar-refractivity contribution is -0.128. The molecular weight excluding hydrogens is 480 g/mol. The predicted molar refractivity (Wildman–Crippen MR) is 124 cm³/mol. The molecule has 3 N–H and O–H groups in total. The van der Waals surface area contributed by atoms with Gasteiger partial charge in [0.1, 0.15) is 0 Å². The van der Waals surface area contributed by atoms with E-state index in [0.29, 0.717) is 6.42 Å². The van der Waals surface area contributed by atoms with Crippen LogP contribution in [0.3, 0.4) is 0 Å². The van der Waals surface area contributed by atoms with Gasteiger partial charge in [0.25, 0.3) is 5.92 Å². The maximum absolute atomic E-state index is 14.5. The number of carbonyl (C=O) groups is 3. The molecule has 3 rings (SSSR count). The minimum atomic E-state index is -3.87. The summed E-state index contributed by atoms with van der Waals surface area (Å²) < 4.78 is 55.7. The molecule has 0 aliphatic carbocycles. The quantitative estimate of drug-likeness (QED) is 0.539. The SMILES string of the molecule is NC(=O)c1ccccc1CC(F)(F)CCC(=O)N[C@H]1CCCN(S(=O)(=O)c2ccccc2)CC1=O. The van der Waals surface area contributed by atoms with E-state index >= 15 is 0 Å². The third kappa shape index (κ3) is 6.92. The van der Waals surface area contributed by atoms with Gasteiger partial charge in [0.15, 0.2) is 5.78 Å². The van der Waals surface area contributed by atoms with E-state index in [-0.39, 0.29) is 29.0 Å². The topological polar surface area (TPSA) is 127 Å². The Morgan fingerprint density at radius 3 is 2.43 bits per heavy atom. The van der Waals surface area contributed by atoms with E-state index in [4.69, 9.17) is 5.73 Å². The van der Waals surface area contributed by atoms with Crippen LogP contribution in [-0.2, 0) is 26.0 Å². The Morgan fingerprint density at radius 1 is 1.09 bits per heavy atom. The molecule has 35 heavy (non-hydrogen) atoms. The molecule has 1 heterocycles. The number of amides is 2. The molecule has 188 valence electrons. The van der Waals surface area contributed by atoms with Gasteiger partial charge in [0, 0.05) is 31.4 Å². The summed E-state index contributed by atoms with van der Waals surface area (Å²) in [5, 5.41) is 2.47. The Hall–Kier alpha value is -3.18. The molecular formula is C24H27F2N3O5S. The molecule has 1 aliphatic rings. The normalized spacial score (nSPS) is 17.5. The van der Waals surface area contributed by atoms with Crippen LogP contribution in [0.15, 0.2) is 59.5 Å². The van der Waals surface area contributed by atoms with Crippen LogP contribution >= 0.6 is 0 Å². The third-order valence-electron chi connectivity index (χ3n) is 5.79.